The summed E-state index contributed by atoms with van der Waals surface area (Å²) in [7, 11) is 0. The van der Waals surface area contributed by atoms with Gasteiger partial charge in [-0.15, -0.1) is 0 Å². The molecule has 7 heteroatoms. The van der Waals surface area contributed by atoms with Crippen molar-refractivity contribution in [2.75, 3.05) is 0 Å². The Hall–Kier alpha value is -4.26. The van der Waals surface area contributed by atoms with Crippen LogP contribution in [0.15, 0.2) is 74.7 Å². The minimum absolute atomic E-state index is 0.299. The first-order chi connectivity index (χ1) is 16.4. The molecule has 1 amide bonds. The molecule has 5 rings (SSSR count). The lowest BCUT2D eigenvalue weighted by Crippen LogP contribution is -2.22. The molecule has 0 unspecified atom stereocenters. The molecule has 0 saturated carbocycles. The third-order valence-corrected chi connectivity index (χ3v) is 5.77. The van der Waals surface area contributed by atoms with Crippen LogP contribution in [0.2, 0.25) is 0 Å². The zero-order valence-electron chi connectivity index (χ0n) is 19.5. The van der Waals surface area contributed by atoms with E-state index in [9.17, 15) is 4.79 Å². The second kappa shape index (κ2) is 8.59. The van der Waals surface area contributed by atoms with Crippen molar-refractivity contribution < 1.29 is 13.7 Å². The summed E-state index contributed by atoms with van der Waals surface area (Å²) >= 11 is 0. The van der Waals surface area contributed by atoms with Gasteiger partial charge in [0.2, 0.25) is 0 Å². The number of amides is 1. The van der Waals surface area contributed by atoms with E-state index in [2.05, 4.69) is 46.3 Å². The lowest BCUT2D eigenvalue weighted by Gasteiger charge is -2.08. The van der Waals surface area contributed by atoms with E-state index in [4.69, 9.17) is 8.94 Å². The third-order valence-electron chi connectivity index (χ3n) is 5.77. The number of hydrogen-bond donors (Lipinski definition) is 0. The Morgan fingerprint density at radius 2 is 1.82 bits per heavy atom. The van der Waals surface area contributed by atoms with Crippen LogP contribution in [0.3, 0.4) is 0 Å². The van der Waals surface area contributed by atoms with Crippen molar-refractivity contribution in [3.63, 3.8) is 0 Å². The molecule has 0 aliphatic carbocycles. The van der Waals surface area contributed by atoms with E-state index in [-0.39, 0.29) is 5.91 Å². The average Bonchev–Trinajstić information content (AvgIpc) is 3.37. The molecule has 0 N–H and O–H groups in total. The van der Waals surface area contributed by atoms with Gasteiger partial charge in [-0.2, -0.15) is 4.99 Å². The van der Waals surface area contributed by atoms with Crippen molar-refractivity contribution in [3.05, 3.63) is 100 Å². The predicted octanol–water partition coefficient (Wildman–Crippen LogP) is 5.31. The summed E-state index contributed by atoms with van der Waals surface area (Å²) in [5, 5.41) is 4.59. The minimum Gasteiger partial charge on any atom is -0.466 e. The Bertz CT molecular complexity index is 1590. The van der Waals surface area contributed by atoms with Crippen molar-refractivity contribution in [3.8, 4) is 11.3 Å². The first-order valence-electron chi connectivity index (χ1n) is 11.0. The van der Waals surface area contributed by atoms with Crippen molar-refractivity contribution in [2.24, 2.45) is 4.99 Å². The monoisotopic (exact) mass is 452 g/mol. The lowest BCUT2D eigenvalue weighted by atomic mass is 10.1. The quantitative estimate of drug-likeness (QED) is 0.369. The highest BCUT2D eigenvalue weighted by molar-refractivity contribution is 6.07. The molecule has 0 spiro atoms. The highest BCUT2D eigenvalue weighted by Crippen LogP contribution is 2.30. The van der Waals surface area contributed by atoms with Crippen LogP contribution in [0, 0.1) is 27.7 Å². The van der Waals surface area contributed by atoms with Gasteiger partial charge in [-0.3, -0.25) is 4.79 Å². The van der Waals surface area contributed by atoms with Gasteiger partial charge in [0.25, 0.3) is 11.6 Å². The summed E-state index contributed by atoms with van der Waals surface area (Å²) in [6, 6.07) is 17.6. The molecule has 170 valence electrons. The summed E-state index contributed by atoms with van der Waals surface area (Å²) < 4.78 is 13.0. The molecular formula is C27H24N4O3. The Balaban J connectivity index is 1.61. The summed E-state index contributed by atoms with van der Waals surface area (Å²) in [5.41, 5.74) is 5.55. The van der Waals surface area contributed by atoms with Crippen LogP contribution >= 0.6 is 0 Å². The molecule has 0 radical (unpaired) electrons. The molecule has 1 aromatic carbocycles. The molecular weight excluding hydrogens is 428 g/mol. The van der Waals surface area contributed by atoms with Crippen molar-refractivity contribution in [2.45, 2.75) is 34.2 Å². The maximum atomic E-state index is 13.5. The van der Waals surface area contributed by atoms with Crippen molar-refractivity contribution >= 4 is 17.0 Å². The largest absolute Gasteiger partial charge is 0.466 e. The van der Waals surface area contributed by atoms with Gasteiger partial charge >= 0.3 is 0 Å². The van der Waals surface area contributed by atoms with Crippen LogP contribution < -0.4 is 5.49 Å². The van der Waals surface area contributed by atoms with Gasteiger partial charge in [-0.05, 0) is 57.5 Å². The highest BCUT2D eigenvalue weighted by Gasteiger charge is 2.21. The third kappa shape index (κ3) is 4.08. The van der Waals surface area contributed by atoms with E-state index in [1.165, 1.54) is 5.56 Å². The molecule has 0 aliphatic rings. The standard InChI is InChI=1S/C27H24N4O3/c1-16-8-10-20(11-9-16)15-31-12-6-5-7-24(31)29-26(32)22-14-23(21-13-17(2)33-19(21)4)28-27-25(22)18(3)30-34-27/h5-14H,15H2,1-4H3. The zero-order chi connectivity index (χ0) is 23.8. The second-order valence-corrected chi connectivity index (χ2v) is 8.42. The smallest absolute Gasteiger partial charge is 0.279 e. The fourth-order valence-corrected chi connectivity index (χ4v) is 4.04. The van der Waals surface area contributed by atoms with E-state index in [0.29, 0.717) is 40.1 Å². The van der Waals surface area contributed by atoms with E-state index in [0.717, 1.165) is 22.6 Å². The summed E-state index contributed by atoms with van der Waals surface area (Å²) in [6.07, 6.45) is 1.92. The highest BCUT2D eigenvalue weighted by atomic mass is 16.5. The molecule has 0 atom stereocenters. The molecule has 5 aromatic rings. The summed E-state index contributed by atoms with van der Waals surface area (Å²) in [6.45, 7) is 8.18. The van der Waals surface area contributed by atoms with Gasteiger partial charge in [0, 0.05) is 18.3 Å². The van der Waals surface area contributed by atoms with E-state index >= 15 is 0 Å². The number of benzene rings is 1. The maximum Gasteiger partial charge on any atom is 0.279 e. The number of hydrogen-bond acceptors (Lipinski definition) is 5. The average molecular weight is 453 g/mol. The SMILES string of the molecule is Cc1ccc(Cn2ccccc2=NC(=O)c2cc(-c3cc(C)oc3C)nc3onc(C)c23)cc1. The minimum atomic E-state index is -0.387. The second-order valence-electron chi connectivity index (χ2n) is 8.42. The number of rotatable bonds is 4. The normalized spacial score (nSPS) is 11.9. The van der Waals surface area contributed by atoms with Gasteiger partial charge in [-0.25, -0.2) is 4.98 Å². The Labute approximate surface area is 196 Å². The van der Waals surface area contributed by atoms with Gasteiger partial charge < -0.3 is 13.5 Å². The number of carbonyl (C=O) groups is 1. The number of fused-ring (bicyclic) bond motifs is 1. The zero-order valence-corrected chi connectivity index (χ0v) is 19.5. The Kier molecular flexibility index (Phi) is 5.45. The van der Waals surface area contributed by atoms with E-state index in [1.807, 2.05) is 48.9 Å². The first kappa shape index (κ1) is 21.6. The number of pyridine rings is 2. The maximum absolute atomic E-state index is 13.5. The first-order valence-corrected chi connectivity index (χ1v) is 11.0. The number of nitrogens with zero attached hydrogens (tertiary/aromatic N) is 4. The fraction of sp³-hybridized carbons (Fsp3) is 0.185. The van der Waals surface area contributed by atoms with Gasteiger partial charge in [0.05, 0.1) is 22.3 Å². The number of aromatic nitrogens is 3. The summed E-state index contributed by atoms with van der Waals surface area (Å²) in [5.74, 6) is 1.10. The molecule has 0 bridgehead atoms. The number of aryl methyl sites for hydroxylation is 4. The van der Waals surface area contributed by atoms with Crippen LogP contribution in [-0.4, -0.2) is 20.6 Å². The van der Waals surface area contributed by atoms with Gasteiger partial charge in [0.1, 0.15) is 17.0 Å². The van der Waals surface area contributed by atoms with Gasteiger partial charge in [0.15, 0.2) is 0 Å². The molecule has 0 aliphatic heterocycles. The molecule has 34 heavy (non-hydrogen) atoms. The molecule has 7 nitrogen and oxygen atoms in total. The van der Waals surface area contributed by atoms with E-state index in [1.54, 1.807) is 13.0 Å². The molecule has 4 aromatic heterocycles. The Morgan fingerprint density at radius 3 is 2.56 bits per heavy atom. The van der Waals surface area contributed by atoms with Crippen LogP contribution in [-0.2, 0) is 6.54 Å². The van der Waals surface area contributed by atoms with Crippen molar-refractivity contribution in [1.82, 2.24) is 14.7 Å². The number of carbonyl (C=O) groups excluding carboxylic acids is 1. The van der Waals surface area contributed by atoms with Crippen molar-refractivity contribution in [1.29, 1.82) is 0 Å². The lowest BCUT2D eigenvalue weighted by molar-refractivity contribution is 0.0998. The summed E-state index contributed by atoms with van der Waals surface area (Å²) in [4.78, 5) is 22.6. The van der Waals surface area contributed by atoms with Crippen LogP contribution in [0.5, 0.6) is 0 Å². The van der Waals surface area contributed by atoms with Gasteiger partial charge in [-0.1, -0.05) is 41.1 Å². The Morgan fingerprint density at radius 1 is 1.03 bits per heavy atom. The molecule has 0 saturated heterocycles. The number of furan rings is 1. The topological polar surface area (TPSA) is 86.4 Å². The fourth-order valence-electron chi connectivity index (χ4n) is 4.04. The van der Waals surface area contributed by atoms with Crippen LogP contribution in [0.4, 0.5) is 0 Å². The molecule has 4 heterocycles. The molecule has 0 fully saturated rings. The van der Waals surface area contributed by atoms with Crippen LogP contribution in [0.25, 0.3) is 22.4 Å². The predicted molar refractivity (Wildman–Crippen MR) is 128 cm³/mol. The van der Waals surface area contributed by atoms with E-state index < -0.39 is 0 Å². The van der Waals surface area contributed by atoms with Crippen LogP contribution in [0.1, 0.15) is 38.7 Å².